The zero-order valence-corrected chi connectivity index (χ0v) is 18.9. The fraction of sp³-hybridized carbons (Fsp3) is 0.192. The molecule has 166 valence electrons. The number of hydrogen-bond acceptors (Lipinski definition) is 5. The third kappa shape index (κ3) is 4.29. The Hall–Kier alpha value is -3.42. The van der Waals surface area contributed by atoms with Crippen LogP contribution in [0.3, 0.4) is 0 Å². The van der Waals surface area contributed by atoms with E-state index in [0.717, 1.165) is 20.8 Å². The third-order valence-electron chi connectivity index (χ3n) is 5.81. The van der Waals surface area contributed by atoms with E-state index >= 15 is 0 Å². The molecule has 0 bridgehead atoms. The number of halogens is 1. The van der Waals surface area contributed by atoms with Crippen molar-refractivity contribution >= 4 is 39.1 Å². The van der Waals surface area contributed by atoms with Gasteiger partial charge in [0, 0.05) is 12.1 Å². The first-order valence-corrected chi connectivity index (χ1v) is 11.6. The van der Waals surface area contributed by atoms with Gasteiger partial charge in [-0.05, 0) is 66.9 Å². The Morgan fingerprint density at radius 3 is 2.67 bits per heavy atom. The maximum absolute atomic E-state index is 13.8. The van der Waals surface area contributed by atoms with Crippen LogP contribution in [0.25, 0.3) is 20.8 Å². The molecule has 1 aromatic heterocycles. The molecule has 4 aromatic rings. The summed E-state index contributed by atoms with van der Waals surface area (Å²) in [6, 6.07) is 19.5. The second kappa shape index (κ2) is 8.84. The van der Waals surface area contributed by atoms with Crippen molar-refractivity contribution in [1.82, 2.24) is 10.3 Å². The Balaban J connectivity index is 1.27. The maximum Gasteiger partial charge on any atom is 0.251 e. The third-order valence-corrected chi connectivity index (χ3v) is 6.87. The van der Waals surface area contributed by atoms with Crippen LogP contribution in [0.5, 0.6) is 0 Å². The monoisotopic (exact) mass is 459 g/mol. The Labute approximate surface area is 194 Å². The lowest BCUT2D eigenvalue weighted by Gasteiger charge is -2.16. The van der Waals surface area contributed by atoms with Gasteiger partial charge in [-0.2, -0.15) is 0 Å². The van der Waals surface area contributed by atoms with E-state index in [0.29, 0.717) is 24.2 Å². The van der Waals surface area contributed by atoms with Gasteiger partial charge in [0.05, 0.1) is 28.4 Å². The van der Waals surface area contributed by atoms with Crippen molar-refractivity contribution in [1.29, 1.82) is 0 Å². The average Bonchev–Trinajstić information content (AvgIpc) is 3.35. The van der Waals surface area contributed by atoms with Gasteiger partial charge >= 0.3 is 0 Å². The molecule has 1 N–H and O–H groups in total. The number of rotatable bonds is 6. The summed E-state index contributed by atoms with van der Waals surface area (Å²) in [5.74, 6) is -0.790. The first kappa shape index (κ1) is 21.4. The minimum atomic E-state index is -0.601. The summed E-state index contributed by atoms with van der Waals surface area (Å²) < 4.78 is 14.9. The summed E-state index contributed by atoms with van der Waals surface area (Å²) in [6.07, 6.45) is 0.538. The van der Waals surface area contributed by atoms with E-state index in [1.54, 1.807) is 41.7 Å². The fourth-order valence-corrected chi connectivity index (χ4v) is 5.12. The molecule has 0 saturated carbocycles. The Morgan fingerprint density at radius 1 is 1.09 bits per heavy atom. The minimum absolute atomic E-state index is 0.0923. The van der Waals surface area contributed by atoms with Gasteiger partial charge in [-0.25, -0.2) is 14.3 Å². The van der Waals surface area contributed by atoms with E-state index in [1.807, 2.05) is 24.3 Å². The van der Waals surface area contributed by atoms with Gasteiger partial charge in [0.25, 0.3) is 5.91 Å². The van der Waals surface area contributed by atoms with Crippen molar-refractivity contribution in [3.8, 4) is 10.6 Å². The second-order valence-corrected chi connectivity index (χ2v) is 9.19. The van der Waals surface area contributed by atoms with Crippen molar-refractivity contribution in [2.75, 3.05) is 11.4 Å². The number of nitrogens with one attached hydrogen (secondary N) is 1. The topological polar surface area (TPSA) is 62.3 Å². The molecule has 0 radical (unpaired) electrons. The molecule has 2 heterocycles. The predicted molar refractivity (Wildman–Crippen MR) is 129 cm³/mol. The highest BCUT2D eigenvalue weighted by molar-refractivity contribution is 7.21. The number of nitrogens with zero attached hydrogens (tertiary/aromatic N) is 2. The van der Waals surface area contributed by atoms with Crippen molar-refractivity contribution in [3.63, 3.8) is 0 Å². The Bertz CT molecular complexity index is 1350. The molecule has 5 rings (SSSR count). The van der Waals surface area contributed by atoms with Crippen molar-refractivity contribution in [2.24, 2.45) is 0 Å². The average molecular weight is 460 g/mol. The fourth-order valence-electron chi connectivity index (χ4n) is 4.05. The smallest absolute Gasteiger partial charge is 0.251 e. The number of amides is 2. The molecule has 3 aromatic carbocycles. The lowest BCUT2D eigenvalue weighted by molar-refractivity contribution is -0.121. The van der Waals surface area contributed by atoms with E-state index in [2.05, 4.69) is 18.3 Å². The van der Waals surface area contributed by atoms with Crippen LogP contribution in [0, 0.1) is 12.7 Å². The van der Waals surface area contributed by atoms with Crippen LogP contribution < -0.4 is 10.2 Å². The number of fused-ring (bicyclic) bond motifs is 1. The Kier molecular flexibility index (Phi) is 5.74. The number of imide groups is 1. The molecule has 1 unspecified atom stereocenters. The normalized spacial score (nSPS) is 16.2. The van der Waals surface area contributed by atoms with E-state index < -0.39 is 6.04 Å². The summed E-state index contributed by atoms with van der Waals surface area (Å²) in [5, 5.41) is 4.00. The number of benzene rings is 3. The van der Waals surface area contributed by atoms with Gasteiger partial charge in [-0.1, -0.05) is 24.3 Å². The molecular weight excluding hydrogens is 437 g/mol. The molecule has 2 amide bonds. The standard InChI is InChI=1S/C26H22FN3O2S/c1-16-6-11-21-23(14-16)33-25(29-21)18-7-9-19(10-8-18)30-24(31)15-22(26(30)32)28-13-12-17-4-2-3-5-20(17)27/h2-11,14,22,28H,12-13,15H2,1H3. The SMILES string of the molecule is Cc1ccc2nc(-c3ccc(N4C(=O)CC(NCCc5ccccc5F)C4=O)cc3)sc2c1. The van der Waals surface area contributed by atoms with Gasteiger partial charge in [0.15, 0.2) is 0 Å². The molecule has 1 aliphatic heterocycles. The molecule has 1 saturated heterocycles. The van der Waals surface area contributed by atoms with E-state index in [1.165, 1.54) is 16.5 Å². The molecule has 1 atom stereocenters. The summed E-state index contributed by atoms with van der Waals surface area (Å²) in [5.41, 5.74) is 4.22. The zero-order chi connectivity index (χ0) is 22.9. The van der Waals surface area contributed by atoms with Crippen LogP contribution in [0.15, 0.2) is 66.7 Å². The lowest BCUT2D eigenvalue weighted by atomic mass is 10.1. The number of aryl methyl sites for hydroxylation is 1. The first-order valence-electron chi connectivity index (χ1n) is 10.8. The lowest BCUT2D eigenvalue weighted by Crippen LogP contribution is -2.39. The maximum atomic E-state index is 13.8. The number of carbonyl (C=O) groups excluding carboxylic acids is 2. The molecule has 1 fully saturated rings. The highest BCUT2D eigenvalue weighted by Gasteiger charge is 2.39. The van der Waals surface area contributed by atoms with Gasteiger partial charge in [-0.15, -0.1) is 11.3 Å². The molecule has 0 spiro atoms. The van der Waals surface area contributed by atoms with Crippen LogP contribution in [-0.2, 0) is 16.0 Å². The van der Waals surface area contributed by atoms with Crippen LogP contribution >= 0.6 is 11.3 Å². The van der Waals surface area contributed by atoms with Crippen LogP contribution in [0.2, 0.25) is 0 Å². The Morgan fingerprint density at radius 2 is 1.88 bits per heavy atom. The largest absolute Gasteiger partial charge is 0.305 e. The number of thiazole rings is 1. The summed E-state index contributed by atoms with van der Waals surface area (Å²) in [6.45, 7) is 2.47. The van der Waals surface area contributed by atoms with Gasteiger partial charge < -0.3 is 5.32 Å². The number of carbonyl (C=O) groups is 2. The van der Waals surface area contributed by atoms with Crippen LogP contribution in [0.4, 0.5) is 10.1 Å². The van der Waals surface area contributed by atoms with Crippen molar-refractivity contribution in [3.05, 3.63) is 83.7 Å². The van der Waals surface area contributed by atoms with Gasteiger partial charge in [-0.3, -0.25) is 9.59 Å². The highest BCUT2D eigenvalue weighted by atomic mass is 32.1. The predicted octanol–water partition coefficient (Wildman–Crippen LogP) is 4.88. The van der Waals surface area contributed by atoms with Crippen LogP contribution in [0.1, 0.15) is 17.5 Å². The molecule has 33 heavy (non-hydrogen) atoms. The summed E-state index contributed by atoms with van der Waals surface area (Å²) in [4.78, 5) is 31.4. The first-order chi connectivity index (χ1) is 16.0. The number of aromatic nitrogens is 1. The van der Waals surface area contributed by atoms with Crippen molar-refractivity contribution < 1.29 is 14.0 Å². The number of hydrogen-bond donors (Lipinski definition) is 1. The quantitative estimate of drug-likeness (QED) is 0.418. The van der Waals surface area contributed by atoms with Crippen molar-refractivity contribution in [2.45, 2.75) is 25.8 Å². The molecule has 1 aliphatic rings. The van der Waals surface area contributed by atoms with E-state index in [-0.39, 0.29) is 24.1 Å². The zero-order valence-electron chi connectivity index (χ0n) is 18.0. The molecule has 0 aliphatic carbocycles. The van der Waals surface area contributed by atoms with E-state index in [9.17, 15) is 14.0 Å². The molecule has 7 heteroatoms. The van der Waals surface area contributed by atoms with Gasteiger partial charge in [0.1, 0.15) is 10.8 Å². The van der Waals surface area contributed by atoms with Gasteiger partial charge in [0.2, 0.25) is 5.91 Å². The summed E-state index contributed by atoms with van der Waals surface area (Å²) in [7, 11) is 0. The molecule has 5 nitrogen and oxygen atoms in total. The van der Waals surface area contributed by atoms with Crippen LogP contribution in [-0.4, -0.2) is 29.4 Å². The second-order valence-electron chi connectivity index (χ2n) is 8.16. The highest BCUT2D eigenvalue weighted by Crippen LogP contribution is 2.32. The number of anilines is 1. The molecular formula is C26H22FN3O2S. The minimum Gasteiger partial charge on any atom is -0.305 e. The van der Waals surface area contributed by atoms with E-state index in [4.69, 9.17) is 4.98 Å². The summed E-state index contributed by atoms with van der Waals surface area (Å²) >= 11 is 1.62.